The van der Waals surface area contributed by atoms with Crippen LogP contribution in [0.1, 0.15) is 25.3 Å². The predicted molar refractivity (Wildman–Crippen MR) is 133 cm³/mol. The second-order valence-electron chi connectivity index (χ2n) is 8.33. The van der Waals surface area contributed by atoms with Crippen LogP contribution in [-0.4, -0.2) is 40.2 Å². The van der Waals surface area contributed by atoms with E-state index in [1.165, 1.54) is 0 Å². The largest absolute Gasteiger partial charge is 0.466 e. The third-order valence-corrected chi connectivity index (χ3v) is 6.94. The fourth-order valence-corrected chi connectivity index (χ4v) is 4.84. The van der Waals surface area contributed by atoms with E-state index in [4.69, 9.17) is 37.9 Å². The number of aromatic nitrogens is 3. The maximum Gasteiger partial charge on any atom is 0.309 e. The summed E-state index contributed by atoms with van der Waals surface area (Å²) in [7, 11) is 0. The molecule has 0 aliphatic carbocycles. The number of halogens is 2. The van der Waals surface area contributed by atoms with E-state index in [-0.39, 0.29) is 11.9 Å². The molecule has 2 aromatic heterocycles. The molecule has 33 heavy (non-hydrogen) atoms. The van der Waals surface area contributed by atoms with Crippen LogP contribution in [0.2, 0.25) is 10.0 Å². The fourth-order valence-electron chi connectivity index (χ4n) is 4.52. The average Bonchev–Trinajstić information content (AvgIpc) is 3.17. The first kappa shape index (κ1) is 22.0. The Bertz CT molecular complexity index is 1360. The Balaban J connectivity index is 1.62. The lowest BCUT2D eigenvalue weighted by Crippen LogP contribution is -2.38. The number of esters is 1. The molecule has 1 fully saturated rings. The van der Waals surface area contributed by atoms with Crippen molar-refractivity contribution < 1.29 is 9.53 Å². The van der Waals surface area contributed by atoms with Gasteiger partial charge in [0.25, 0.3) is 0 Å². The Labute approximate surface area is 202 Å². The molecule has 0 bridgehead atoms. The molecular formula is C25H24Cl2N4O2. The van der Waals surface area contributed by atoms with Crippen molar-refractivity contribution in [3.05, 3.63) is 58.1 Å². The summed E-state index contributed by atoms with van der Waals surface area (Å²) in [6, 6.07) is 13.8. The highest BCUT2D eigenvalue weighted by Gasteiger charge is 2.29. The van der Waals surface area contributed by atoms with Crippen molar-refractivity contribution in [1.29, 1.82) is 0 Å². The van der Waals surface area contributed by atoms with Crippen LogP contribution in [0.3, 0.4) is 0 Å². The highest BCUT2D eigenvalue weighted by Crippen LogP contribution is 2.35. The van der Waals surface area contributed by atoms with Crippen LogP contribution in [0.25, 0.3) is 27.8 Å². The molecule has 2 aromatic carbocycles. The molecule has 170 valence electrons. The highest BCUT2D eigenvalue weighted by atomic mass is 35.5. The number of rotatable bonds is 4. The van der Waals surface area contributed by atoms with Crippen LogP contribution in [0, 0.1) is 12.8 Å². The SMILES string of the molecule is CCOC(=O)C1CCN(c2nc3cc(Cl)c(Cl)cc3n2-c2cc(C)c3ccccc3n2)CC1. The second-order valence-corrected chi connectivity index (χ2v) is 9.14. The Morgan fingerprint density at radius 3 is 2.55 bits per heavy atom. The normalized spacial score (nSPS) is 14.8. The van der Waals surface area contributed by atoms with Gasteiger partial charge in [0.05, 0.1) is 39.1 Å². The summed E-state index contributed by atoms with van der Waals surface area (Å²) < 4.78 is 7.27. The van der Waals surface area contributed by atoms with Gasteiger partial charge in [-0.3, -0.25) is 9.36 Å². The number of fused-ring (bicyclic) bond motifs is 2. The van der Waals surface area contributed by atoms with Gasteiger partial charge in [0.15, 0.2) is 0 Å². The third kappa shape index (κ3) is 4.02. The highest BCUT2D eigenvalue weighted by molar-refractivity contribution is 6.42. The van der Waals surface area contributed by atoms with E-state index in [1.807, 2.05) is 35.8 Å². The summed E-state index contributed by atoms with van der Waals surface area (Å²) in [5.74, 6) is 1.35. The van der Waals surface area contributed by atoms with Gasteiger partial charge < -0.3 is 9.64 Å². The molecule has 0 amide bonds. The molecule has 0 unspecified atom stereocenters. The zero-order valence-electron chi connectivity index (χ0n) is 18.5. The molecule has 1 saturated heterocycles. The average molecular weight is 483 g/mol. The molecule has 0 spiro atoms. The van der Waals surface area contributed by atoms with Crippen LogP contribution in [0.15, 0.2) is 42.5 Å². The molecule has 4 aromatic rings. The zero-order chi connectivity index (χ0) is 23.1. The first-order valence-electron chi connectivity index (χ1n) is 11.1. The lowest BCUT2D eigenvalue weighted by Gasteiger charge is -2.31. The zero-order valence-corrected chi connectivity index (χ0v) is 20.0. The van der Waals surface area contributed by atoms with Crippen molar-refractivity contribution >= 4 is 57.1 Å². The molecule has 0 saturated carbocycles. The molecule has 8 heteroatoms. The van der Waals surface area contributed by atoms with Crippen molar-refractivity contribution in [3.8, 4) is 5.82 Å². The standard InChI is InChI=1S/C25H24Cl2N4O2/c1-3-33-24(32)16-8-10-30(11-9-16)25-29-21-13-18(26)19(27)14-22(21)31(25)23-12-15(2)17-6-4-5-7-20(17)28-23/h4-7,12-14,16H,3,8-11H2,1-2H3. The number of para-hydroxylation sites is 1. The molecule has 1 aliphatic heterocycles. The van der Waals surface area contributed by atoms with Crippen LogP contribution in [-0.2, 0) is 9.53 Å². The lowest BCUT2D eigenvalue weighted by molar-refractivity contribution is -0.148. The van der Waals surface area contributed by atoms with Crippen molar-refractivity contribution in [2.45, 2.75) is 26.7 Å². The number of carbonyl (C=O) groups is 1. The smallest absolute Gasteiger partial charge is 0.309 e. The fraction of sp³-hybridized carbons (Fsp3) is 0.320. The van der Waals surface area contributed by atoms with E-state index in [1.54, 1.807) is 6.07 Å². The van der Waals surface area contributed by atoms with Gasteiger partial charge >= 0.3 is 5.97 Å². The van der Waals surface area contributed by atoms with Crippen LogP contribution in [0.5, 0.6) is 0 Å². The summed E-state index contributed by atoms with van der Waals surface area (Å²) in [6.45, 7) is 5.72. The Morgan fingerprint density at radius 2 is 1.79 bits per heavy atom. The maximum atomic E-state index is 12.2. The van der Waals surface area contributed by atoms with Crippen molar-refractivity contribution in [3.63, 3.8) is 0 Å². The van der Waals surface area contributed by atoms with Gasteiger partial charge in [0.2, 0.25) is 5.95 Å². The number of nitrogens with zero attached hydrogens (tertiary/aromatic N) is 4. The molecule has 1 aliphatic rings. The predicted octanol–water partition coefficient (Wildman–Crippen LogP) is 5.97. The number of hydrogen-bond acceptors (Lipinski definition) is 5. The van der Waals surface area contributed by atoms with Crippen LogP contribution in [0.4, 0.5) is 5.95 Å². The van der Waals surface area contributed by atoms with Crippen LogP contribution < -0.4 is 4.90 Å². The van der Waals surface area contributed by atoms with E-state index in [9.17, 15) is 4.79 Å². The lowest BCUT2D eigenvalue weighted by atomic mass is 9.97. The third-order valence-electron chi connectivity index (χ3n) is 6.22. The Hall–Kier alpha value is -2.83. The van der Waals surface area contributed by atoms with E-state index >= 15 is 0 Å². The number of pyridine rings is 1. The van der Waals surface area contributed by atoms with Crippen molar-refractivity contribution in [2.24, 2.45) is 5.92 Å². The van der Waals surface area contributed by atoms with Gasteiger partial charge in [-0.15, -0.1) is 0 Å². The van der Waals surface area contributed by atoms with Gasteiger partial charge in [0.1, 0.15) is 5.82 Å². The number of ether oxygens (including phenoxy) is 1. The van der Waals surface area contributed by atoms with E-state index in [2.05, 4.69) is 24.0 Å². The number of benzene rings is 2. The summed E-state index contributed by atoms with van der Waals surface area (Å²) >= 11 is 12.7. The number of carbonyl (C=O) groups excluding carboxylic acids is 1. The second kappa shape index (κ2) is 8.84. The molecule has 0 radical (unpaired) electrons. The summed E-state index contributed by atoms with van der Waals surface area (Å²) in [5.41, 5.74) is 3.64. The minimum absolute atomic E-state index is 0.0797. The minimum atomic E-state index is -0.115. The molecule has 6 nitrogen and oxygen atoms in total. The quantitative estimate of drug-likeness (QED) is 0.335. The first-order chi connectivity index (χ1) is 16.0. The first-order valence-corrected chi connectivity index (χ1v) is 11.9. The van der Waals surface area contributed by atoms with Gasteiger partial charge in [-0.1, -0.05) is 41.4 Å². The molecule has 3 heterocycles. The number of aryl methyl sites for hydroxylation is 1. The van der Waals surface area contributed by atoms with Gasteiger partial charge in [-0.05, 0) is 56.5 Å². The van der Waals surface area contributed by atoms with E-state index < -0.39 is 0 Å². The topological polar surface area (TPSA) is 60.2 Å². The number of anilines is 1. The van der Waals surface area contributed by atoms with E-state index in [0.717, 1.165) is 39.3 Å². The molecule has 5 rings (SSSR count). The summed E-state index contributed by atoms with van der Waals surface area (Å²) in [6.07, 6.45) is 1.43. The van der Waals surface area contributed by atoms with E-state index in [0.29, 0.717) is 42.6 Å². The van der Waals surface area contributed by atoms with Crippen LogP contribution >= 0.6 is 23.2 Å². The number of hydrogen-bond donors (Lipinski definition) is 0. The van der Waals surface area contributed by atoms with Gasteiger partial charge in [0, 0.05) is 18.5 Å². The number of piperidine rings is 1. The molecular weight excluding hydrogens is 459 g/mol. The molecule has 0 atom stereocenters. The molecule has 0 N–H and O–H groups in total. The van der Waals surface area contributed by atoms with Crippen molar-refractivity contribution in [2.75, 3.05) is 24.6 Å². The monoisotopic (exact) mass is 482 g/mol. The summed E-state index contributed by atoms with van der Waals surface area (Å²) in [5, 5.41) is 2.04. The maximum absolute atomic E-state index is 12.2. The Morgan fingerprint density at radius 1 is 1.06 bits per heavy atom. The Kier molecular flexibility index (Phi) is 5.89. The van der Waals surface area contributed by atoms with Crippen molar-refractivity contribution in [1.82, 2.24) is 14.5 Å². The number of imidazole rings is 1. The van der Waals surface area contributed by atoms with Gasteiger partial charge in [-0.25, -0.2) is 9.97 Å². The summed E-state index contributed by atoms with van der Waals surface area (Å²) in [4.78, 5) is 24.3. The minimum Gasteiger partial charge on any atom is -0.466 e. The van der Waals surface area contributed by atoms with Gasteiger partial charge in [-0.2, -0.15) is 0 Å².